The molecule has 324 valence electrons. The normalized spacial score (nSPS) is 12.1. The Balaban J connectivity index is 4.02. The molecule has 1 unspecified atom stereocenters. The Hall–Kier alpha value is -0.530. The minimum absolute atomic E-state index is 0.0661. The van der Waals surface area contributed by atoms with Crippen molar-refractivity contribution in [1.82, 2.24) is 0 Å². The highest BCUT2D eigenvalue weighted by atomic mass is 16.5. The maximum absolute atomic E-state index is 12.7. The monoisotopic (exact) mass is 761 g/mol. The minimum atomic E-state index is 0.0661. The van der Waals surface area contributed by atoms with E-state index in [0.29, 0.717) is 18.9 Å². The molecule has 0 aromatic carbocycles. The van der Waals surface area contributed by atoms with Gasteiger partial charge in [0.25, 0.3) is 0 Å². The zero-order chi connectivity index (χ0) is 39.1. The number of ether oxygens (including phenoxy) is 1. The first-order valence-corrected chi connectivity index (χ1v) is 25.9. The van der Waals surface area contributed by atoms with Crippen molar-refractivity contribution in [2.45, 2.75) is 316 Å². The fourth-order valence-corrected chi connectivity index (χ4v) is 8.49. The van der Waals surface area contributed by atoms with E-state index in [2.05, 4.69) is 20.8 Å². The van der Waals surface area contributed by atoms with Gasteiger partial charge in [0.2, 0.25) is 0 Å². The molecule has 0 N–H and O–H groups in total. The van der Waals surface area contributed by atoms with Crippen molar-refractivity contribution in [2.75, 3.05) is 6.61 Å². The molecule has 2 nitrogen and oxygen atoms in total. The molecule has 0 aromatic heterocycles. The van der Waals surface area contributed by atoms with Gasteiger partial charge in [-0.1, -0.05) is 290 Å². The van der Waals surface area contributed by atoms with Crippen LogP contribution < -0.4 is 0 Å². The average molecular weight is 761 g/mol. The fourth-order valence-electron chi connectivity index (χ4n) is 8.49. The van der Waals surface area contributed by atoms with Crippen LogP contribution in [0.25, 0.3) is 0 Å². The summed E-state index contributed by atoms with van der Waals surface area (Å²) in [5, 5.41) is 0. The molecule has 54 heavy (non-hydrogen) atoms. The van der Waals surface area contributed by atoms with Crippen molar-refractivity contribution in [1.29, 1.82) is 0 Å². The van der Waals surface area contributed by atoms with Gasteiger partial charge in [0.05, 0.1) is 6.61 Å². The van der Waals surface area contributed by atoms with Gasteiger partial charge < -0.3 is 4.74 Å². The molecule has 0 aliphatic rings. The van der Waals surface area contributed by atoms with E-state index in [0.717, 1.165) is 6.42 Å². The van der Waals surface area contributed by atoms with Crippen molar-refractivity contribution in [2.24, 2.45) is 5.92 Å². The number of hydrogen-bond donors (Lipinski definition) is 0. The van der Waals surface area contributed by atoms with Gasteiger partial charge >= 0.3 is 5.97 Å². The van der Waals surface area contributed by atoms with Gasteiger partial charge in [-0.3, -0.25) is 4.79 Å². The zero-order valence-electron chi connectivity index (χ0n) is 38.1. The molecule has 0 saturated carbocycles. The predicted octanol–water partition coefficient (Wildman–Crippen LogP) is 19.2. The lowest BCUT2D eigenvalue weighted by molar-refractivity contribution is -0.145. The third-order valence-electron chi connectivity index (χ3n) is 12.4. The van der Waals surface area contributed by atoms with E-state index in [1.807, 2.05) is 0 Å². The Morgan fingerprint density at radius 3 is 0.741 bits per heavy atom. The van der Waals surface area contributed by atoms with Crippen LogP contribution in [0.5, 0.6) is 0 Å². The number of carbonyl (C=O) groups is 1. The van der Waals surface area contributed by atoms with Gasteiger partial charge in [-0.05, 0) is 25.2 Å². The van der Waals surface area contributed by atoms with E-state index in [1.165, 1.54) is 283 Å². The molecule has 0 radical (unpaired) electrons. The SMILES string of the molecule is CCCCCCCCCCCCCCCCCCC(CCCCCCCCCCCCCC)COC(=O)CCCCCCCCCCCCCCCCC. The third-order valence-corrected chi connectivity index (χ3v) is 12.4. The van der Waals surface area contributed by atoms with Crippen LogP contribution in [0.1, 0.15) is 316 Å². The molecular weight excluding hydrogens is 657 g/mol. The molecule has 0 fully saturated rings. The van der Waals surface area contributed by atoms with Crippen molar-refractivity contribution >= 4 is 5.97 Å². The molecule has 0 heterocycles. The second-order valence-electron chi connectivity index (χ2n) is 18.0. The summed E-state index contributed by atoms with van der Waals surface area (Å²) in [7, 11) is 0. The van der Waals surface area contributed by atoms with E-state index < -0.39 is 0 Å². The van der Waals surface area contributed by atoms with Gasteiger partial charge in [-0.2, -0.15) is 0 Å². The van der Waals surface area contributed by atoms with Gasteiger partial charge in [-0.25, -0.2) is 0 Å². The van der Waals surface area contributed by atoms with Crippen LogP contribution in [0.3, 0.4) is 0 Å². The van der Waals surface area contributed by atoms with Gasteiger partial charge in [0, 0.05) is 6.42 Å². The van der Waals surface area contributed by atoms with Crippen LogP contribution in [-0.4, -0.2) is 12.6 Å². The Labute approximate surface area is 343 Å². The van der Waals surface area contributed by atoms with Crippen LogP contribution in [-0.2, 0) is 9.53 Å². The first kappa shape index (κ1) is 53.5. The molecule has 0 spiro atoms. The van der Waals surface area contributed by atoms with E-state index >= 15 is 0 Å². The summed E-state index contributed by atoms with van der Waals surface area (Å²) >= 11 is 0. The summed E-state index contributed by atoms with van der Waals surface area (Å²) in [5.41, 5.74) is 0. The highest BCUT2D eigenvalue weighted by Crippen LogP contribution is 2.22. The molecule has 1 atom stereocenters. The average Bonchev–Trinajstić information content (AvgIpc) is 3.18. The van der Waals surface area contributed by atoms with Crippen LogP contribution in [0.2, 0.25) is 0 Å². The fraction of sp³-hybridized carbons (Fsp3) is 0.981. The number of unbranched alkanes of at least 4 members (excludes halogenated alkanes) is 40. The Morgan fingerprint density at radius 1 is 0.296 bits per heavy atom. The Bertz CT molecular complexity index is 673. The summed E-state index contributed by atoms with van der Waals surface area (Å²) in [6.45, 7) is 7.58. The summed E-state index contributed by atoms with van der Waals surface area (Å²) in [6.07, 6.45) is 63.2. The second kappa shape index (κ2) is 48.6. The van der Waals surface area contributed by atoms with Gasteiger partial charge in [0.1, 0.15) is 0 Å². The zero-order valence-corrected chi connectivity index (χ0v) is 38.1. The maximum Gasteiger partial charge on any atom is 0.305 e. The topological polar surface area (TPSA) is 26.3 Å². The molecule has 0 rings (SSSR count). The molecule has 0 aliphatic carbocycles. The van der Waals surface area contributed by atoms with Crippen LogP contribution in [0.15, 0.2) is 0 Å². The largest absolute Gasteiger partial charge is 0.465 e. The number of esters is 1. The lowest BCUT2D eigenvalue weighted by Gasteiger charge is -2.17. The molecular formula is C52H104O2. The van der Waals surface area contributed by atoms with Gasteiger partial charge in [0.15, 0.2) is 0 Å². The van der Waals surface area contributed by atoms with Crippen LogP contribution >= 0.6 is 0 Å². The van der Waals surface area contributed by atoms with E-state index in [9.17, 15) is 4.79 Å². The molecule has 0 bridgehead atoms. The Kier molecular flexibility index (Phi) is 48.1. The lowest BCUT2D eigenvalue weighted by atomic mass is 9.94. The predicted molar refractivity (Wildman–Crippen MR) is 244 cm³/mol. The van der Waals surface area contributed by atoms with E-state index in [-0.39, 0.29) is 5.97 Å². The lowest BCUT2D eigenvalue weighted by Crippen LogP contribution is -2.14. The number of hydrogen-bond acceptors (Lipinski definition) is 2. The minimum Gasteiger partial charge on any atom is -0.465 e. The van der Waals surface area contributed by atoms with Crippen molar-refractivity contribution in [3.05, 3.63) is 0 Å². The summed E-state index contributed by atoms with van der Waals surface area (Å²) in [5.74, 6) is 0.640. The highest BCUT2D eigenvalue weighted by Gasteiger charge is 2.12. The van der Waals surface area contributed by atoms with Crippen LogP contribution in [0, 0.1) is 5.92 Å². The van der Waals surface area contributed by atoms with Crippen molar-refractivity contribution in [3.63, 3.8) is 0 Å². The molecule has 0 aliphatic heterocycles. The second-order valence-corrected chi connectivity index (χ2v) is 18.0. The molecule has 0 amide bonds. The first-order valence-electron chi connectivity index (χ1n) is 25.9. The molecule has 2 heteroatoms. The third kappa shape index (κ3) is 45.9. The summed E-state index contributed by atoms with van der Waals surface area (Å²) in [4.78, 5) is 12.7. The van der Waals surface area contributed by atoms with Crippen LogP contribution in [0.4, 0.5) is 0 Å². The maximum atomic E-state index is 12.7. The quantitative estimate of drug-likeness (QED) is 0.0456. The Morgan fingerprint density at radius 2 is 0.500 bits per heavy atom. The van der Waals surface area contributed by atoms with E-state index in [4.69, 9.17) is 4.74 Å². The molecule has 0 saturated heterocycles. The number of carbonyl (C=O) groups excluding carboxylic acids is 1. The van der Waals surface area contributed by atoms with Crippen molar-refractivity contribution < 1.29 is 9.53 Å². The number of rotatable bonds is 48. The van der Waals surface area contributed by atoms with E-state index in [1.54, 1.807) is 0 Å². The first-order chi connectivity index (χ1) is 26.7. The smallest absolute Gasteiger partial charge is 0.305 e. The molecule has 0 aromatic rings. The van der Waals surface area contributed by atoms with Gasteiger partial charge in [-0.15, -0.1) is 0 Å². The standard InChI is InChI=1S/C52H104O2/c1-4-7-10-13-16-19-22-25-27-29-30-33-36-39-42-45-48-51(47-44-41-38-35-32-24-21-18-15-12-9-6-3)50-54-52(53)49-46-43-40-37-34-31-28-26-23-20-17-14-11-8-5-2/h51H,4-50H2,1-3H3. The summed E-state index contributed by atoms with van der Waals surface area (Å²) in [6, 6.07) is 0. The van der Waals surface area contributed by atoms with Crippen molar-refractivity contribution in [3.8, 4) is 0 Å². The summed E-state index contributed by atoms with van der Waals surface area (Å²) < 4.78 is 5.92. The highest BCUT2D eigenvalue weighted by molar-refractivity contribution is 5.69.